The molecule has 4 aromatic rings. The fraction of sp³-hybridized carbons (Fsp3) is 0.148. The summed E-state index contributed by atoms with van der Waals surface area (Å²) in [6.07, 6.45) is 0. The summed E-state index contributed by atoms with van der Waals surface area (Å²) in [4.78, 5) is 32.7. The Morgan fingerprint density at radius 3 is 2.53 bits per heavy atom. The zero-order valence-corrected chi connectivity index (χ0v) is 21.0. The van der Waals surface area contributed by atoms with Crippen LogP contribution < -0.4 is 14.4 Å². The predicted molar refractivity (Wildman–Crippen MR) is 140 cm³/mol. The lowest BCUT2D eigenvalue weighted by Gasteiger charge is -2.23. The van der Waals surface area contributed by atoms with Crippen LogP contribution in [0.5, 0.6) is 11.5 Å². The maximum Gasteiger partial charge on any atom is 0.301 e. The largest absolute Gasteiger partial charge is 0.507 e. The minimum atomic E-state index is -0.919. The van der Waals surface area contributed by atoms with Crippen LogP contribution in [-0.2, 0) is 9.59 Å². The van der Waals surface area contributed by atoms with Crippen molar-refractivity contribution in [2.45, 2.75) is 13.0 Å². The number of ketones is 1. The fourth-order valence-corrected chi connectivity index (χ4v) is 5.40. The number of ether oxygens (including phenoxy) is 2. The molecule has 0 saturated carbocycles. The van der Waals surface area contributed by atoms with Crippen molar-refractivity contribution in [2.24, 2.45) is 0 Å². The second-order valence-electron chi connectivity index (χ2n) is 8.01. The first-order valence-corrected chi connectivity index (χ1v) is 12.3. The number of fused-ring (bicyclic) bond motifs is 1. The van der Waals surface area contributed by atoms with Crippen LogP contribution in [0.3, 0.4) is 0 Å². The molecule has 7 nitrogen and oxygen atoms in total. The molecule has 0 radical (unpaired) electrons. The monoisotopic (exact) mass is 520 g/mol. The number of Topliss-reactive ketones (excluding diaryl/α,β-unsaturated/α-hetero) is 1. The molecule has 0 bridgehead atoms. The van der Waals surface area contributed by atoms with Gasteiger partial charge in [-0.05, 0) is 67.1 Å². The third-order valence-electron chi connectivity index (χ3n) is 5.84. The number of hydrogen-bond donors (Lipinski definition) is 1. The van der Waals surface area contributed by atoms with Crippen molar-refractivity contribution in [3.8, 4) is 11.5 Å². The van der Waals surface area contributed by atoms with E-state index in [9.17, 15) is 14.7 Å². The Bertz CT molecular complexity index is 1510. The number of anilines is 1. The van der Waals surface area contributed by atoms with Crippen LogP contribution in [0.1, 0.15) is 24.1 Å². The SMILES string of the molecule is CCOc1ccc2nc(N3C(=O)C(=O)C(=C(O)c4ccc(OC)cc4)[C@@H]3c3cccc(Cl)c3)sc2c1. The molecule has 1 aliphatic rings. The van der Waals surface area contributed by atoms with Gasteiger partial charge in [0, 0.05) is 10.6 Å². The molecule has 36 heavy (non-hydrogen) atoms. The maximum atomic E-state index is 13.4. The van der Waals surface area contributed by atoms with Crippen molar-refractivity contribution in [3.05, 3.63) is 88.5 Å². The third-order valence-corrected chi connectivity index (χ3v) is 7.09. The molecular formula is C27H21ClN2O5S. The van der Waals surface area contributed by atoms with E-state index in [1.807, 2.05) is 25.1 Å². The van der Waals surface area contributed by atoms with E-state index in [4.69, 9.17) is 21.1 Å². The minimum Gasteiger partial charge on any atom is -0.507 e. The molecule has 9 heteroatoms. The number of aliphatic hydroxyl groups is 1. The van der Waals surface area contributed by atoms with E-state index >= 15 is 0 Å². The normalized spacial score (nSPS) is 17.1. The molecule has 2 heterocycles. The molecule has 1 fully saturated rings. The Hall–Kier alpha value is -3.88. The number of nitrogens with zero attached hydrogens (tertiary/aromatic N) is 2. The molecule has 0 aliphatic carbocycles. The summed E-state index contributed by atoms with van der Waals surface area (Å²) in [5, 5.41) is 12.0. The molecule has 1 aromatic heterocycles. The number of methoxy groups -OCH3 is 1. The van der Waals surface area contributed by atoms with E-state index in [0.717, 1.165) is 4.70 Å². The number of benzene rings is 3. The molecule has 5 rings (SSSR count). The number of aliphatic hydroxyl groups excluding tert-OH is 1. The number of carbonyl (C=O) groups is 2. The highest BCUT2D eigenvalue weighted by molar-refractivity contribution is 7.22. The first-order valence-electron chi connectivity index (χ1n) is 11.2. The molecule has 1 N–H and O–H groups in total. The van der Waals surface area contributed by atoms with Gasteiger partial charge in [-0.3, -0.25) is 14.5 Å². The van der Waals surface area contributed by atoms with E-state index in [1.54, 1.807) is 48.5 Å². The smallest absolute Gasteiger partial charge is 0.301 e. The Morgan fingerprint density at radius 2 is 1.83 bits per heavy atom. The first-order chi connectivity index (χ1) is 17.4. The molecule has 1 atom stereocenters. The molecule has 1 amide bonds. The Balaban J connectivity index is 1.68. The van der Waals surface area contributed by atoms with E-state index in [2.05, 4.69) is 4.98 Å². The summed E-state index contributed by atoms with van der Waals surface area (Å²) in [7, 11) is 1.54. The number of hydrogen-bond acceptors (Lipinski definition) is 7. The number of carbonyl (C=O) groups excluding carboxylic acids is 2. The molecule has 1 aliphatic heterocycles. The quantitative estimate of drug-likeness (QED) is 0.191. The van der Waals surface area contributed by atoms with Gasteiger partial charge in [-0.1, -0.05) is 35.1 Å². The van der Waals surface area contributed by atoms with Crippen molar-refractivity contribution in [1.82, 2.24) is 4.98 Å². The number of thiazole rings is 1. The van der Waals surface area contributed by atoms with Crippen LogP contribution in [0.4, 0.5) is 5.13 Å². The Morgan fingerprint density at radius 1 is 1.08 bits per heavy atom. The number of halogens is 1. The van der Waals surface area contributed by atoms with Crippen molar-refractivity contribution >= 4 is 55.7 Å². The summed E-state index contributed by atoms with van der Waals surface area (Å²) >= 11 is 7.54. The molecule has 0 spiro atoms. The number of amides is 1. The summed E-state index contributed by atoms with van der Waals surface area (Å²) in [6, 6.07) is 18.0. The lowest BCUT2D eigenvalue weighted by molar-refractivity contribution is -0.132. The summed E-state index contributed by atoms with van der Waals surface area (Å²) in [5.74, 6) is -0.586. The lowest BCUT2D eigenvalue weighted by Crippen LogP contribution is -2.29. The topological polar surface area (TPSA) is 89.0 Å². The lowest BCUT2D eigenvalue weighted by atomic mass is 9.95. The molecular weight excluding hydrogens is 500 g/mol. The van der Waals surface area contributed by atoms with Gasteiger partial charge < -0.3 is 14.6 Å². The molecule has 0 unspecified atom stereocenters. The van der Waals surface area contributed by atoms with Crippen LogP contribution in [-0.4, -0.2) is 35.5 Å². The zero-order chi connectivity index (χ0) is 25.4. The van der Waals surface area contributed by atoms with Gasteiger partial charge in [-0.25, -0.2) is 4.98 Å². The fourth-order valence-electron chi connectivity index (χ4n) is 4.18. The molecule has 1 saturated heterocycles. The van der Waals surface area contributed by atoms with Gasteiger partial charge in [-0.2, -0.15) is 0 Å². The Kier molecular flexibility index (Phi) is 6.38. The average Bonchev–Trinajstić information content (AvgIpc) is 3.41. The van der Waals surface area contributed by atoms with Gasteiger partial charge in [0.05, 0.1) is 35.5 Å². The van der Waals surface area contributed by atoms with E-state index in [0.29, 0.717) is 44.9 Å². The molecule has 182 valence electrons. The van der Waals surface area contributed by atoms with Crippen LogP contribution in [0.25, 0.3) is 16.0 Å². The van der Waals surface area contributed by atoms with E-state index in [-0.39, 0.29) is 11.3 Å². The standard InChI is InChI=1S/C27H21ClN2O5S/c1-3-35-19-11-12-20-21(14-19)36-27(29-20)30-23(16-5-4-6-17(28)13-16)22(25(32)26(30)33)24(31)15-7-9-18(34-2)10-8-15/h4-14,23,31H,3H2,1-2H3/t23-/m0/s1. The van der Waals surface area contributed by atoms with Gasteiger partial charge in [0.1, 0.15) is 17.3 Å². The van der Waals surface area contributed by atoms with Gasteiger partial charge in [0.2, 0.25) is 0 Å². The van der Waals surface area contributed by atoms with Gasteiger partial charge in [-0.15, -0.1) is 0 Å². The van der Waals surface area contributed by atoms with Gasteiger partial charge in [0.25, 0.3) is 5.78 Å². The number of rotatable bonds is 6. The van der Waals surface area contributed by atoms with Crippen molar-refractivity contribution in [2.75, 3.05) is 18.6 Å². The second kappa shape index (κ2) is 9.64. The summed E-state index contributed by atoms with van der Waals surface area (Å²) in [6.45, 7) is 2.42. The second-order valence-corrected chi connectivity index (χ2v) is 9.46. The van der Waals surface area contributed by atoms with Crippen LogP contribution in [0.15, 0.2) is 72.3 Å². The van der Waals surface area contributed by atoms with Crippen LogP contribution >= 0.6 is 22.9 Å². The zero-order valence-electron chi connectivity index (χ0n) is 19.4. The summed E-state index contributed by atoms with van der Waals surface area (Å²) in [5.41, 5.74) is 1.58. The minimum absolute atomic E-state index is 0.0401. The summed E-state index contributed by atoms with van der Waals surface area (Å²) < 4.78 is 11.6. The number of aromatic nitrogens is 1. The third kappa shape index (κ3) is 4.19. The van der Waals surface area contributed by atoms with Gasteiger partial charge >= 0.3 is 5.91 Å². The van der Waals surface area contributed by atoms with Crippen molar-refractivity contribution < 1.29 is 24.2 Å². The van der Waals surface area contributed by atoms with Crippen LogP contribution in [0.2, 0.25) is 5.02 Å². The highest BCUT2D eigenvalue weighted by Gasteiger charge is 2.48. The highest BCUT2D eigenvalue weighted by atomic mass is 35.5. The van der Waals surface area contributed by atoms with Gasteiger partial charge in [0.15, 0.2) is 5.13 Å². The predicted octanol–water partition coefficient (Wildman–Crippen LogP) is 5.98. The van der Waals surface area contributed by atoms with E-state index < -0.39 is 17.7 Å². The Labute approximate surface area is 216 Å². The highest BCUT2D eigenvalue weighted by Crippen LogP contribution is 2.45. The first kappa shape index (κ1) is 23.8. The maximum absolute atomic E-state index is 13.4. The van der Waals surface area contributed by atoms with E-state index in [1.165, 1.54) is 23.3 Å². The average molecular weight is 521 g/mol. The molecule has 3 aromatic carbocycles. The van der Waals surface area contributed by atoms with Crippen molar-refractivity contribution in [1.29, 1.82) is 0 Å². The van der Waals surface area contributed by atoms with Crippen LogP contribution in [0, 0.1) is 0 Å². The van der Waals surface area contributed by atoms with Crippen molar-refractivity contribution in [3.63, 3.8) is 0 Å².